The fourth-order valence-corrected chi connectivity index (χ4v) is 7.36. The van der Waals surface area contributed by atoms with Crippen molar-refractivity contribution in [3.05, 3.63) is 163 Å². The first-order valence-corrected chi connectivity index (χ1v) is 20.3. The highest BCUT2D eigenvalue weighted by atomic mass is 16.5. The summed E-state index contributed by atoms with van der Waals surface area (Å²) in [7, 11) is 6.37. The molecular weight excluding hydrogens is 827 g/mol. The third-order valence-electron chi connectivity index (χ3n) is 10.4. The Kier molecular flexibility index (Phi) is 15.2. The number of amides is 4. The monoisotopic (exact) mass is 877 g/mol. The number of aromatic nitrogens is 3. The van der Waals surface area contributed by atoms with E-state index in [2.05, 4.69) is 74.3 Å². The van der Waals surface area contributed by atoms with Crippen molar-refractivity contribution >= 4 is 57.9 Å². The van der Waals surface area contributed by atoms with Crippen molar-refractivity contribution in [2.24, 2.45) is 14.1 Å². The molecule has 0 radical (unpaired) electrons. The molecule has 2 aliphatic rings. The van der Waals surface area contributed by atoms with Crippen LogP contribution in [0.4, 0.5) is 0 Å². The standard InChI is InChI=1S/C23H20N4O4.C23H21N3O2.C2H4O2.C2H6/c1-13(23(30)31-4)24-21(28)14(2)27-12-19-17(6-5-7-18(19)22(27)29)15-8-9-16-11-26(3)25-20(16)10-15;1-14(2)24-22(27)15(3)26-13-20-17(7-5-9-19(20)23(26)28)16-8-6-10-21-18(16)11-12-25(21)4;1-4-2-3;1-2/h5-11H,1-2,12H2,3-4H3,(H,24,28);5-12H,1,3,13H2,2,4H3,(H,24,27);2H,1H3;1-2H3. The lowest BCUT2D eigenvalue weighted by molar-refractivity contribution is -0.137. The summed E-state index contributed by atoms with van der Waals surface area (Å²) in [6, 6.07) is 25.3. The molecule has 334 valence electrons. The Balaban J connectivity index is 0.000000219. The number of nitrogens with one attached hydrogen (secondary N) is 2. The first-order valence-electron chi connectivity index (χ1n) is 20.3. The molecule has 2 N–H and O–H groups in total. The zero-order valence-corrected chi connectivity index (χ0v) is 37.5. The van der Waals surface area contributed by atoms with Crippen molar-refractivity contribution in [1.82, 2.24) is 34.8 Å². The van der Waals surface area contributed by atoms with E-state index in [9.17, 15) is 24.0 Å². The Labute approximate surface area is 376 Å². The van der Waals surface area contributed by atoms with E-state index in [0.717, 1.165) is 55.2 Å². The quantitative estimate of drug-likeness (QED) is 0.0814. The number of aryl methyl sites for hydroxylation is 2. The van der Waals surface area contributed by atoms with Crippen LogP contribution in [0.3, 0.4) is 0 Å². The van der Waals surface area contributed by atoms with E-state index in [0.29, 0.717) is 29.8 Å². The summed E-state index contributed by atoms with van der Waals surface area (Å²) in [6.07, 6.45) is 3.96. The third-order valence-corrected chi connectivity index (χ3v) is 10.4. The number of ether oxygens (including phenoxy) is 2. The van der Waals surface area contributed by atoms with Crippen LogP contribution >= 0.6 is 0 Å². The summed E-state index contributed by atoms with van der Waals surface area (Å²) in [5.41, 5.74) is 8.97. The minimum atomic E-state index is -0.774. The molecule has 0 spiro atoms. The molecule has 65 heavy (non-hydrogen) atoms. The fourth-order valence-electron chi connectivity index (χ4n) is 7.36. The summed E-state index contributed by atoms with van der Waals surface area (Å²) in [6.45, 7) is 21.2. The first kappa shape index (κ1) is 47.7. The lowest BCUT2D eigenvalue weighted by atomic mass is 9.95. The second-order valence-corrected chi connectivity index (χ2v) is 14.6. The van der Waals surface area contributed by atoms with Gasteiger partial charge in [0.05, 0.1) is 32.8 Å². The largest absolute Gasteiger partial charge is 0.471 e. The van der Waals surface area contributed by atoms with Gasteiger partial charge in [-0.1, -0.05) is 88.7 Å². The van der Waals surface area contributed by atoms with Crippen molar-refractivity contribution in [2.75, 3.05) is 14.2 Å². The molecule has 4 heterocycles. The van der Waals surface area contributed by atoms with Crippen LogP contribution in [0.5, 0.6) is 0 Å². The number of methoxy groups -OCH3 is 2. The molecule has 0 fully saturated rings. The van der Waals surface area contributed by atoms with Gasteiger partial charge in [-0.15, -0.1) is 0 Å². The van der Waals surface area contributed by atoms with Gasteiger partial charge in [0.1, 0.15) is 17.1 Å². The van der Waals surface area contributed by atoms with Crippen molar-refractivity contribution in [3.63, 3.8) is 0 Å². The Morgan fingerprint density at radius 3 is 1.82 bits per heavy atom. The predicted molar refractivity (Wildman–Crippen MR) is 249 cm³/mol. The number of hydrogen-bond donors (Lipinski definition) is 2. The molecule has 0 unspecified atom stereocenters. The fraction of sp³-hybridized carbons (Fsp3) is 0.180. The summed E-state index contributed by atoms with van der Waals surface area (Å²) in [5.74, 6) is -2.43. The van der Waals surface area contributed by atoms with Gasteiger partial charge >= 0.3 is 5.97 Å². The van der Waals surface area contributed by atoms with E-state index in [1.54, 1.807) is 29.8 Å². The van der Waals surface area contributed by atoms with Crippen molar-refractivity contribution < 1.29 is 38.2 Å². The van der Waals surface area contributed by atoms with Gasteiger partial charge in [0.25, 0.3) is 30.1 Å². The van der Waals surface area contributed by atoms with Crippen molar-refractivity contribution in [1.29, 1.82) is 0 Å². The number of allylic oxidation sites excluding steroid dienone is 1. The second kappa shape index (κ2) is 20.7. The molecule has 0 bridgehead atoms. The molecular formula is C50H51N7O8. The van der Waals surface area contributed by atoms with Crippen LogP contribution in [0, 0.1) is 0 Å². The molecule has 6 aromatic rings. The van der Waals surface area contributed by atoms with E-state index >= 15 is 0 Å². The Bertz CT molecular complexity index is 2920. The van der Waals surface area contributed by atoms with Crippen LogP contribution < -0.4 is 10.6 Å². The Morgan fingerprint density at radius 1 is 0.723 bits per heavy atom. The predicted octanol–water partition coefficient (Wildman–Crippen LogP) is 7.29. The topological polar surface area (TPSA) is 174 Å². The van der Waals surface area contributed by atoms with Gasteiger partial charge in [-0.3, -0.25) is 38.5 Å². The highest BCUT2D eigenvalue weighted by molar-refractivity contribution is 6.09. The molecule has 2 aromatic heterocycles. The number of rotatable bonds is 10. The van der Waals surface area contributed by atoms with E-state index in [4.69, 9.17) is 4.79 Å². The zero-order chi connectivity index (χ0) is 47.7. The van der Waals surface area contributed by atoms with Gasteiger partial charge in [-0.05, 0) is 70.6 Å². The number of hydrogen-bond acceptors (Lipinski definition) is 9. The number of nitrogens with zero attached hydrogens (tertiary/aromatic N) is 5. The molecule has 8 rings (SSSR count). The highest BCUT2D eigenvalue weighted by Gasteiger charge is 2.35. The van der Waals surface area contributed by atoms with Crippen LogP contribution in [0.15, 0.2) is 140 Å². The summed E-state index contributed by atoms with van der Waals surface area (Å²) >= 11 is 0. The van der Waals surface area contributed by atoms with Gasteiger partial charge < -0.3 is 24.7 Å². The molecule has 2 aliphatic heterocycles. The summed E-state index contributed by atoms with van der Waals surface area (Å²) < 4.78 is 12.2. The van der Waals surface area contributed by atoms with Crippen LogP contribution in [-0.2, 0) is 55.8 Å². The molecule has 4 aromatic carbocycles. The maximum absolute atomic E-state index is 13.0. The number of fused-ring (bicyclic) bond motifs is 4. The molecule has 0 saturated heterocycles. The lowest BCUT2D eigenvalue weighted by Gasteiger charge is -2.18. The molecule has 15 heteroatoms. The Hall–Kier alpha value is -8.33. The average molecular weight is 878 g/mol. The molecule has 4 amide bonds. The van der Waals surface area contributed by atoms with Crippen LogP contribution in [0.25, 0.3) is 44.1 Å². The number of benzene rings is 4. The summed E-state index contributed by atoms with van der Waals surface area (Å²) in [5, 5.41) is 11.5. The summed E-state index contributed by atoms with van der Waals surface area (Å²) in [4.78, 5) is 73.8. The molecule has 0 aliphatic carbocycles. The highest BCUT2D eigenvalue weighted by Crippen LogP contribution is 2.38. The van der Waals surface area contributed by atoms with E-state index in [1.807, 2.05) is 82.8 Å². The minimum absolute atomic E-state index is 0.0858. The lowest BCUT2D eigenvalue weighted by Crippen LogP contribution is -2.36. The van der Waals surface area contributed by atoms with Gasteiger partial charge in [-0.2, -0.15) is 5.10 Å². The first-order chi connectivity index (χ1) is 31.1. The van der Waals surface area contributed by atoms with E-state index in [-0.39, 0.29) is 35.5 Å². The number of esters is 1. The van der Waals surface area contributed by atoms with E-state index < -0.39 is 17.8 Å². The van der Waals surface area contributed by atoms with Crippen molar-refractivity contribution in [2.45, 2.75) is 33.9 Å². The zero-order valence-electron chi connectivity index (χ0n) is 37.5. The Morgan fingerprint density at radius 2 is 1.25 bits per heavy atom. The normalized spacial score (nSPS) is 12.0. The van der Waals surface area contributed by atoms with Crippen molar-refractivity contribution in [3.8, 4) is 22.3 Å². The SMILES string of the molecule is C=C(C)NC(=O)C(=C)N1Cc2c(cccc2-c2cccc3c2ccn3C)C1=O.C=C(NC(=O)C(=C)N1Cc2c(cccc2-c2ccc3cn(C)nc3c2)C1=O)C(=O)OC.CC.COC=O. The van der Waals surface area contributed by atoms with Crippen LogP contribution in [0.1, 0.15) is 52.6 Å². The second-order valence-electron chi connectivity index (χ2n) is 14.6. The molecule has 0 atom stereocenters. The van der Waals surface area contributed by atoms with Gasteiger partial charge in [0.15, 0.2) is 0 Å². The average Bonchev–Trinajstić information content (AvgIpc) is 4.07. The maximum Gasteiger partial charge on any atom is 0.353 e. The minimum Gasteiger partial charge on any atom is -0.471 e. The van der Waals surface area contributed by atoms with Crippen LogP contribution in [0.2, 0.25) is 0 Å². The van der Waals surface area contributed by atoms with Gasteiger partial charge in [-0.25, -0.2) is 4.79 Å². The smallest absolute Gasteiger partial charge is 0.353 e. The number of carbonyl (C=O) groups excluding carboxylic acids is 6. The third kappa shape index (κ3) is 9.99. The molecule has 0 saturated carbocycles. The van der Waals surface area contributed by atoms with Crippen LogP contribution in [-0.4, -0.2) is 74.4 Å². The number of carbonyl (C=O) groups is 6. The maximum atomic E-state index is 13.0. The van der Waals surface area contributed by atoms with Gasteiger partial charge in [0.2, 0.25) is 0 Å². The van der Waals surface area contributed by atoms with E-state index in [1.165, 1.54) is 24.0 Å². The molecule has 15 nitrogen and oxygen atoms in total. The van der Waals surface area contributed by atoms with Gasteiger partial charge in [0, 0.05) is 59.6 Å².